The van der Waals surface area contributed by atoms with E-state index in [4.69, 9.17) is 5.11 Å². The maximum absolute atomic E-state index is 12.6. The number of hydrogen-bond acceptors (Lipinski definition) is 1. The van der Waals surface area contributed by atoms with Crippen molar-refractivity contribution in [2.45, 2.75) is 25.6 Å². The highest BCUT2D eigenvalue weighted by Crippen LogP contribution is 2.12. The maximum Gasteiger partial charge on any atom is 0.303 e. The molecule has 0 aliphatic carbocycles. The van der Waals surface area contributed by atoms with Gasteiger partial charge in [-0.2, -0.15) is 0 Å². The van der Waals surface area contributed by atoms with Gasteiger partial charge in [0.25, 0.3) is 0 Å². The third-order valence-corrected chi connectivity index (χ3v) is 2.37. The van der Waals surface area contributed by atoms with Crippen LogP contribution < -0.4 is 0 Å². The zero-order chi connectivity index (χ0) is 7.49. The molecule has 0 aromatic carbocycles. The standard InChI is InChI=1S/C5H11FO2Si/c1-9(2,6)4-3-5(7)8/h3-4H2,1-2H3,(H,7,8). The minimum atomic E-state index is -2.60. The average Bonchev–Trinajstić information content (AvgIpc) is 1.59. The molecule has 0 aromatic rings. The number of aliphatic carboxylic acids is 1. The minimum Gasteiger partial charge on any atom is -0.481 e. The Morgan fingerprint density at radius 2 is 2.11 bits per heavy atom. The molecule has 0 heterocycles. The SMILES string of the molecule is C[Si](C)(F)CCC(=O)O. The van der Waals surface area contributed by atoms with Crippen LogP contribution in [0, 0.1) is 0 Å². The molecule has 0 unspecified atom stereocenters. The molecule has 0 aliphatic heterocycles. The van der Waals surface area contributed by atoms with Gasteiger partial charge in [0.05, 0.1) is 0 Å². The fourth-order valence-electron chi connectivity index (χ4n) is 0.404. The normalized spacial score (nSPS) is 11.4. The van der Waals surface area contributed by atoms with E-state index >= 15 is 0 Å². The number of hydrogen-bond donors (Lipinski definition) is 1. The molecule has 1 N–H and O–H groups in total. The molecule has 0 rings (SSSR count). The van der Waals surface area contributed by atoms with Crippen LogP contribution in [0.4, 0.5) is 4.11 Å². The molecule has 0 aromatic heterocycles. The molecule has 0 fully saturated rings. The summed E-state index contributed by atoms with van der Waals surface area (Å²) in [4.78, 5) is 9.90. The van der Waals surface area contributed by atoms with Crippen LogP contribution in [0.1, 0.15) is 6.42 Å². The molecular weight excluding hydrogens is 139 g/mol. The number of carbonyl (C=O) groups is 1. The molecule has 0 saturated heterocycles. The van der Waals surface area contributed by atoms with Crippen molar-refractivity contribution < 1.29 is 14.0 Å². The second-order valence-corrected chi connectivity index (χ2v) is 6.55. The molecular formula is C5H11FO2Si. The summed E-state index contributed by atoms with van der Waals surface area (Å²) in [5, 5.41) is 8.13. The van der Waals surface area contributed by atoms with E-state index in [1.807, 2.05) is 0 Å². The van der Waals surface area contributed by atoms with Crippen LogP contribution in [0.15, 0.2) is 0 Å². The van der Waals surface area contributed by atoms with Crippen molar-refractivity contribution in [1.29, 1.82) is 0 Å². The summed E-state index contributed by atoms with van der Waals surface area (Å²) >= 11 is 0. The first-order valence-corrected chi connectivity index (χ1v) is 5.91. The Kier molecular flexibility index (Phi) is 2.83. The third kappa shape index (κ3) is 7.62. The van der Waals surface area contributed by atoms with Crippen LogP contribution in [0.25, 0.3) is 0 Å². The lowest BCUT2D eigenvalue weighted by Crippen LogP contribution is -2.18. The lowest BCUT2D eigenvalue weighted by Gasteiger charge is -2.06. The molecule has 0 amide bonds. The van der Waals surface area contributed by atoms with Crippen molar-refractivity contribution in [3.05, 3.63) is 0 Å². The van der Waals surface area contributed by atoms with Crippen LogP contribution in [0.2, 0.25) is 19.1 Å². The highest BCUT2D eigenvalue weighted by molar-refractivity contribution is 6.70. The molecule has 54 valence electrons. The van der Waals surface area contributed by atoms with Gasteiger partial charge in [-0.05, 0) is 19.1 Å². The maximum atomic E-state index is 12.6. The summed E-state index contributed by atoms with van der Waals surface area (Å²) in [6.45, 7) is 3.02. The van der Waals surface area contributed by atoms with Crippen LogP contribution in [-0.4, -0.2) is 19.5 Å². The van der Waals surface area contributed by atoms with Crippen molar-refractivity contribution >= 4 is 14.4 Å². The Hall–Kier alpha value is -0.383. The van der Waals surface area contributed by atoms with Crippen molar-refractivity contribution in [2.75, 3.05) is 0 Å². The number of rotatable bonds is 3. The molecule has 0 radical (unpaired) electrons. The van der Waals surface area contributed by atoms with E-state index in [2.05, 4.69) is 0 Å². The van der Waals surface area contributed by atoms with Gasteiger partial charge in [0, 0.05) is 6.42 Å². The highest BCUT2D eigenvalue weighted by Gasteiger charge is 2.20. The number of halogens is 1. The van der Waals surface area contributed by atoms with E-state index in [0.29, 0.717) is 0 Å². The second-order valence-electron chi connectivity index (χ2n) is 2.61. The van der Waals surface area contributed by atoms with Crippen LogP contribution in [-0.2, 0) is 4.79 Å². The van der Waals surface area contributed by atoms with E-state index < -0.39 is 14.4 Å². The molecule has 0 atom stereocenters. The molecule has 0 bridgehead atoms. The van der Waals surface area contributed by atoms with Crippen LogP contribution in [0.3, 0.4) is 0 Å². The molecule has 0 saturated carbocycles. The monoisotopic (exact) mass is 150 g/mol. The summed E-state index contributed by atoms with van der Waals surface area (Å²) in [6, 6.07) is 0.225. The number of carboxylic acids is 1. The Labute approximate surface area is 54.9 Å². The van der Waals surface area contributed by atoms with Crippen LogP contribution >= 0.6 is 0 Å². The second kappa shape index (κ2) is 2.96. The number of carboxylic acid groups (broad SMARTS) is 1. The van der Waals surface area contributed by atoms with E-state index in [-0.39, 0.29) is 12.5 Å². The topological polar surface area (TPSA) is 37.3 Å². The van der Waals surface area contributed by atoms with Gasteiger partial charge in [0.1, 0.15) is 0 Å². The fourth-order valence-corrected chi connectivity index (χ4v) is 1.21. The first-order valence-electron chi connectivity index (χ1n) is 2.82. The highest BCUT2D eigenvalue weighted by atomic mass is 28.4. The quantitative estimate of drug-likeness (QED) is 0.490. The van der Waals surface area contributed by atoms with Crippen molar-refractivity contribution in [1.82, 2.24) is 0 Å². The van der Waals surface area contributed by atoms with Gasteiger partial charge in [-0.15, -0.1) is 0 Å². The summed E-state index contributed by atoms with van der Waals surface area (Å²) in [5.74, 6) is -0.909. The lowest BCUT2D eigenvalue weighted by molar-refractivity contribution is -0.136. The van der Waals surface area contributed by atoms with Gasteiger partial charge in [-0.25, -0.2) is 0 Å². The van der Waals surface area contributed by atoms with E-state index in [1.165, 1.54) is 13.1 Å². The van der Waals surface area contributed by atoms with Gasteiger partial charge in [0.2, 0.25) is 8.41 Å². The van der Waals surface area contributed by atoms with Gasteiger partial charge >= 0.3 is 5.97 Å². The van der Waals surface area contributed by atoms with Crippen molar-refractivity contribution in [3.63, 3.8) is 0 Å². The van der Waals surface area contributed by atoms with Gasteiger partial charge in [-0.3, -0.25) is 4.79 Å². The average molecular weight is 150 g/mol. The summed E-state index contributed by atoms with van der Waals surface area (Å²) in [6.07, 6.45) is -0.0320. The Morgan fingerprint density at radius 3 is 2.22 bits per heavy atom. The zero-order valence-corrected chi connectivity index (χ0v) is 6.65. The Balaban J connectivity index is 3.39. The van der Waals surface area contributed by atoms with E-state index in [0.717, 1.165) is 0 Å². The largest absolute Gasteiger partial charge is 0.481 e. The minimum absolute atomic E-state index is 0.0320. The lowest BCUT2D eigenvalue weighted by atomic mass is 10.5. The summed E-state index contributed by atoms with van der Waals surface area (Å²) in [5.41, 5.74) is 0. The van der Waals surface area contributed by atoms with Gasteiger partial charge in [0.15, 0.2) is 0 Å². The molecule has 9 heavy (non-hydrogen) atoms. The summed E-state index contributed by atoms with van der Waals surface area (Å²) < 4.78 is 12.6. The predicted octanol–water partition coefficient (Wildman–Crippen LogP) is 1.64. The van der Waals surface area contributed by atoms with Gasteiger partial charge in [-0.1, -0.05) is 0 Å². The first kappa shape index (κ1) is 8.62. The van der Waals surface area contributed by atoms with Gasteiger partial charge < -0.3 is 9.21 Å². The smallest absolute Gasteiger partial charge is 0.303 e. The van der Waals surface area contributed by atoms with Crippen LogP contribution in [0.5, 0.6) is 0 Å². The molecule has 0 aliphatic rings. The van der Waals surface area contributed by atoms with Crippen molar-refractivity contribution in [2.24, 2.45) is 0 Å². The van der Waals surface area contributed by atoms with E-state index in [9.17, 15) is 8.90 Å². The predicted molar refractivity (Wildman–Crippen MR) is 35.6 cm³/mol. The first-order chi connectivity index (χ1) is 3.92. The van der Waals surface area contributed by atoms with Crippen molar-refractivity contribution in [3.8, 4) is 0 Å². The Morgan fingerprint density at radius 1 is 1.67 bits per heavy atom. The zero-order valence-electron chi connectivity index (χ0n) is 5.65. The fraction of sp³-hybridized carbons (Fsp3) is 0.800. The third-order valence-electron chi connectivity index (χ3n) is 0.933. The van der Waals surface area contributed by atoms with E-state index in [1.54, 1.807) is 0 Å². The Bertz CT molecular complexity index is 108. The summed E-state index contributed by atoms with van der Waals surface area (Å²) in [7, 11) is -2.60. The molecule has 4 heteroatoms. The molecule has 2 nitrogen and oxygen atoms in total. The molecule has 0 spiro atoms.